The zero-order valence-electron chi connectivity index (χ0n) is 13.4. The Balaban J connectivity index is 1.79. The molecule has 0 N–H and O–H groups in total. The second-order valence-corrected chi connectivity index (χ2v) is 8.78. The Morgan fingerprint density at radius 3 is 2.57 bits per heavy atom. The minimum Gasteiger partial charge on any atom is -0.490 e. The maximum atomic E-state index is 5.98. The highest BCUT2D eigenvalue weighted by Gasteiger charge is 2.39. The van der Waals surface area contributed by atoms with E-state index >= 15 is 0 Å². The van der Waals surface area contributed by atoms with E-state index in [-0.39, 0.29) is 5.41 Å². The van der Waals surface area contributed by atoms with Gasteiger partial charge < -0.3 is 4.74 Å². The number of hydrogen-bond acceptors (Lipinski definition) is 1. The number of halogens is 1. The van der Waals surface area contributed by atoms with Gasteiger partial charge in [0.25, 0.3) is 0 Å². The molecule has 2 aliphatic rings. The van der Waals surface area contributed by atoms with Gasteiger partial charge in [0.05, 0.1) is 6.10 Å². The molecule has 0 bridgehead atoms. The third-order valence-corrected chi connectivity index (χ3v) is 6.38. The van der Waals surface area contributed by atoms with E-state index in [0.717, 1.165) is 11.7 Å². The Hall–Kier alpha value is -0.500. The minimum absolute atomic E-state index is 0.192. The number of benzene rings is 1. The van der Waals surface area contributed by atoms with Gasteiger partial charge in [0.15, 0.2) is 0 Å². The van der Waals surface area contributed by atoms with Crippen LogP contribution >= 0.6 is 15.9 Å². The minimum atomic E-state index is 0.192. The molecule has 116 valence electrons. The van der Waals surface area contributed by atoms with Crippen LogP contribution in [0.4, 0.5) is 0 Å². The van der Waals surface area contributed by atoms with Crippen molar-refractivity contribution in [3.8, 4) is 5.75 Å². The summed E-state index contributed by atoms with van der Waals surface area (Å²) >= 11 is 3.97. The summed E-state index contributed by atoms with van der Waals surface area (Å²) in [6.45, 7) is 7.18. The first-order valence-corrected chi connectivity index (χ1v) is 9.29. The van der Waals surface area contributed by atoms with Crippen LogP contribution in [0.15, 0.2) is 24.3 Å². The molecule has 0 amide bonds. The Kier molecular flexibility index (Phi) is 4.36. The second-order valence-electron chi connectivity index (χ2n) is 7.61. The van der Waals surface area contributed by atoms with Crippen molar-refractivity contribution >= 4 is 15.9 Å². The molecule has 2 fully saturated rings. The largest absolute Gasteiger partial charge is 0.490 e. The van der Waals surface area contributed by atoms with Crippen LogP contribution in [-0.2, 0) is 5.41 Å². The predicted molar refractivity (Wildman–Crippen MR) is 92.3 cm³/mol. The highest BCUT2D eigenvalue weighted by atomic mass is 79.9. The lowest BCUT2D eigenvalue weighted by molar-refractivity contribution is 0.213. The summed E-state index contributed by atoms with van der Waals surface area (Å²) in [5.41, 5.74) is 1.61. The van der Waals surface area contributed by atoms with Crippen molar-refractivity contribution in [3.63, 3.8) is 0 Å². The number of hydrogen-bond donors (Lipinski definition) is 0. The highest BCUT2D eigenvalue weighted by Crippen LogP contribution is 2.45. The van der Waals surface area contributed by atoms with Crippen LogP contribution in [0.3, 0.4) is 0 Å². The molecule has 0 radical (unpaired) electrons. The molecular weight excluding hydrogens is 324 g/mol. The molecule has 1 aromatic rings. The van der Waals surface area contributed by atoms with Crippen LogP contribution in [0, 0.1) is 11.8 Å². The van der Waals surface area contributed by atoms with Crippen molar-refractivity contribution in [2.24, 2.45) is 11.8 Å². The smallest absolute Gasteiger partial charge is 0.120 e. The molecule has 0 aliphatic heterocycles. The van der Waals surface area contributed by atoms with Crippen LogP contribution in [0.2, 0.25) is 0 Å². The lowest BCUT2D eigenvalue weighted by Gasteiger charge is -2.42. The zero-order chi connectivity index (χ0) is 15.0. The van der Waals surface area contributed by atoms with Gasteiger partial charge >= 0.3 is 0 Å². The van der Waals surface area contributed by atoms with Gasteiger partial charge in [-0.3, -0.25) is 0 Å². The summed E-state index contributed by atoms with van der Waals surface area (Å²) in [6.07, 6.45) is 6.89. The quantitative estimate of drug-likeness (QED) is 0.632. The second kappa shape index (κ2) is 5.95. The summed E-state index contributed by atoms with van der Waals surface area (Å²) in [4.78, 5) is 0.629. The molecule has 1 nitrogen and oxygen atoms in total. The summed E-state index contributed by atoms with van der Waals surface area (Å²) in [6, 6.07) is 8.81. The topological polar surface area (TPSA) is 9.23 Å². The first-order chi connectivity index (χ1) is 9.96. The summed E-state index contributed by atoms with van der Waals surface area (Å²) in [7, 11) is 0. The van der Waals surface area contributed by atoms with E-state index in [2.05, 4.69) is 61.0 Å². The first kappa shape index (κ1) is 15.4. The van der Waals surface area contributed by atoms with Gasteiger partial charge in [-0.05, 0) is 60.6 Å². The average Bonchev–Trinajstić information content (AvgIpc) is 3.22. The third kappa shape index (κ3) is 3.47. The molecule has 2 saturated carbocycles. The van der Waals surface area contributed by atoms with Crippen molar-refractivity contribution in [1.29, 1.82) is 0 Å². The van der Waals surface area contributed by atoms with Crippen LogP contribution in [0.25, 0.3) is 0 Å². The summed E-state index contributed by atoms with van der Waals surface area (Å²) in [5, 5.41) is 0. The van der Waals surface area contributed by atoms with Gasteiger partial charge in [0.2, 0.25) is 0 Å². The van der Waals surface area contributed by atoms with Gasteiger partial charge in [0, 0.05) is 4.83 Å². The zero-order valence-corrected chi connectivity index (χ0v) is 15.0. The maximum Gasteiger partial charge on any atom is 0.120 e. The molecule has 3 atom stereocenters. The molecule has 3 unspecified atom stereocenters. The number of ether oxygens (including phenoxy) is 1. The molecule has 2 heteroatoms. The fourth-order valence-corrected chi connectivity index (χ4v) is 5.25. The van der Waals surface area contributed by atoms with Gasteiger partial charge in [-0.1, -0.05) is 55.3 Å². The fraction of sp³-hybridized carbons (Fsp3) is 0.684. The van der Waals surface area contributed by atoms with Crippen LogP contribution in [0.5, 0.6) is 5.75 Å². The molecule has 21 heavy (non-hydrogen) atoms. The van der Waals surface area contributed by atoms with Crippen molar-refractivity contribution < 1.29 is 4.74 Å². The van der Waals surface area contributed by atoms with E-state index < -0.39 is 0 Å². The maximum absolute atomic E-state index is 5.98. The fourth-order valence-electron chi connectivity index (χ4n) is 3.69. The van der Waals surface area contributed by atoms with Gasteiger partial charge in [-0.15, -0.1) is 0 Å². The summed E-state index contributed by atoms with van der Waals surface area (Å²) < 4.78 is 5.98. The van der Waals surface area contributed by atoms with E-state index in [1.54, 1.807) is 0 Å². The SMILES string of the molecule is CC1CCC(C(C)(C)c2cccc(OC3CC3)c2)C(Br)C1. The lowest BCUT2D eigenvalue weighted by atomic mass is 9.66. The van der Waals surface area contributed by atoms with Crippen molar-refractivity contribution in [2.75, 3.05) is 0 Å². The standard InChI is InChI=1S/C19H27BrO/c1-13-7-10-17(18(20)11-13)19(2,3)14-5-4-6-16(12-14)21-15-8-9-15/h4-6,12-13,15,17-18H,7-11H2,1-3H3. The van der Waals surface area contributed by atoms with Crippen LogP contribution in [0.1, 0.15) is 58.4 Å². The molecule has 0 spiro atoms. The summed E-state index contributed by atoms with van der Waals surface area (Å²) in [5.74, 6) is 2.61. The van der Waals surface area contributed by atoms with E-state index in [9.17, 15) is 0 Å². The van der Waals surface area contributed by atoms with Crippen molar-refractivity contribution in [2.45, 2.75) is 69.2 Å². The number of rotatable bonds is 4. The van der Waals surface area contributed by atoms with Gasteiger partial charge in [-0.25, -0.2) is 0 Å². The van der Waals surface area contributed by atoms with Crippen molar-refractivity contribution in [1.82, 2.24) is 0 Å². The van der Waals surface area contributed by atoms with Crippen molar-refractivity contribution in [3.05, 3.63) is 29.8 Å². The van der Waals surface area contributed by atoms with E-state index in [1.165, 1.54) is 37.7 Å². The Morgan fingerprint density at radius 1 is 1.14 bits per heavy atom. The normalized spacial score (nSPS) is 30.2. The molecular formula is C19H27BrO. The van der Waals surface area contributed by atoms with Gasteiger partial charge in [-0.2, -0.15) is 0 Å². The Morgan fingerprint density at radius 2 is 1.90 bits per heavy atom. The number of alkyl halides is 1. The van der Waals surface area contributed by atoms with Gasteiger partial charge in [0.1, 0.15) is 5.75 Å². The first-order valence-electron chi connectivity index (χ1n) is 8.38. The Bertz CT molecular complexity index is 492. The van der Waals surface area contributed by atoms with Crippen LogP contribution in [-0.4, -0.2) is 10.9 Å². The lowest BCUT2D eigenvalue weighted by Crippen LogP contribution is -2.38. The van der Waals surface area contributed by atoms with E-state index in [4.69, 9.17) is 4.74 Å². The Labute approximate surface area is 137 Å². The monoisotopic (exact) mass is 350 g/mol. The third-order valence-electron chi connectivity index (χ3n) is 5.37. The van der Waals surface area contributed by atoms with E-state index in [1.807, 2.05) is 0 Å². The predicted octanol–water partition coefficient (Wildman–Crippen LogP) is 5.71. The van der Waals surface area contributed by atoms with E-state index in [0.29, 0.717) is 16.8 Å². The molecule has 3 rings (SSSR count). The average molecular weight is 351 g/mol. The molecule has 1 aromatic carbocycles. The molecule has 2 aliphatic carbocycles. The molecule has 0 saturated heterocycles. The van der Waals surface area contributed by atoms with Crippen LogP contribution < -0.4 is 4.74 Å². The highest BCUT2D eigenvalue weighted by molar-refractivity contribution is 9.09. The molecule has 0 heterocycles. The molecule has 0 aromatic heterocycles.